The van der Waals surface area contributed by atoms with Gasteiger partial charge in [-0.1, -0.05) is 53.7 Å². The molecular weight excluding hydrogens is 482 g/mol. The van der Waals surface area contributed by atoms with Gasteiger partial charge in [-0.3, -0.25) is 15.1 Å². The Labute approximate surface area is 210 Å². The molecule has 0 saturated heterocycles. The van der Waals surface area contributed by atoms with Gasteiger partial charge in [-0.15, -0.1) is 0 Å². The minimum absolute atomic E-state index is 0.252. The average Bonchev–Trinajstić information content (AvgIpc) is 2.82. The highest BCUT2D eigenvalue weighted by atomic mass is 35.5. The first-order valence-corrected chi connectivity index (χ1v) is 12.1. The Morgan fingerprint density at radius 1 is 0.914 bits per heavy atom. The van der Waals surface area contributed by atoms with E-state index < -0.39 is 0 Å². The van der Waals surface area contributed by atoms with Crippen molar-refractivity contribution in [3.05, 3.63) is 93.1 Å². The summed E-state index contributed by atoms with van der Waals surface area (Å²) >= 11 is 7.66. The summed E-state index contributed by atoms with van der Waals surface area (Å²) in [6.45, 7) is 3.85. The molecule has 174 valence electrons. The van der Waals surface area contributed by atoms with Gasteiger partial charge < -0.3 is 0 Å². The SMILES string of the molecule is Cc1cc(C)nc(SCc2cc(=O)[nH]c(Nc3nc(-c4ccccc4)c4cc(Cl)ccc4n3)n2)n1. The van der Waals surface area contributed by atoms with Crippen molar-refractivity contribution in [2.45, 2.75) is 24.8 Å². The van der Waals surface area contributed by atoms with Crippen molar-refractivity contribution in [2.24, 2.45) is 0 Å². The van der Waals surface area contributed by atoms with E-state index >= 15 is 0 Å². The van der Waals surface area contributed by atoms with Gasteiger partial charge in [0.1, 0.15) is 0 Å². The summed E-state index contributed by atoms with van der Waals surface area (Å²) in [5.74, 6) is 0.999. The van der Waals surface area contributed by atoms with Crippen LogP contribution >= 0.6 is 23.4 Å². The number of aromatic nitrogens is 6. The number of thioether (sulfide) groups is 1. The third-order valence-electron chi connectivity index (χ3n) is 5.04. The number of anilines is 2. The van der Waals surface area contributed by atoms with Crippen molar-refractivity contribution >= 4 is 46.2 Å². The quantitative estimate of drug-likeness (QED) is 0.232. The average molecular weight is 502 g/mol. The number of aromatic amines is 1. The minimum atomic E-state index is -0.282. The zero-order valence-corrected chi connectivity index (χ0v) is 20.5. The van der Waals surface area contributed by atoms with Gasteiger partial charge in [-0.25, -0.2) is 24.9 Å². The van der Waals surface area contributed by atoms with E-state index in [1.165, 1.54) is 17.8 Å². The molecular formula is C25H20ClN7OS. The number of hydrogen-bond acceptors (Lipinski definition) is 8. The predicted molar refractivity (Wildman–Crippen MR) is 139 cm³/mol. The Hall–Kier alpha value is -3.82. The molecule has 0 atom stereocenters. The van der Waals surface area contributed by atoms with Crippen molar-refractivity contribution in [2.75, 3.05) is 5.32 Å². The molecule has 0 aliphatic carbocycles. The molecule has 2 aromatic carbocycles. The summed E-state index contributed by atoms with van der Waals surface area (Å²) in [6, 6.07) is 18.6. The Balaban J connectivity index is 1.46. The standard InChI is InChI=1S/C25H20ClN7OS/c1-14-10-15(2)28-25(27-14)35-13-18-12-21(34)31-23(29-18)33-24-30-20-9-8-17(26)11-19(20)22(32-24)16-6-4-3-5-7-16/h3-12H,13H2,1-2H3,(H2,29,30,31,32,33,34). The van der Waals surface area contributed by atoms with E-state index in [9.17, 15) is 4.79 Å². The lowest BCUT2D eigenvalue weighted by Crippen LogP contribution is -2.13. The van der Waals surface area contributed by atoms with E-state index in [1.54, 1.807) is 6.07 Å². The highest BCUT2D eigenvalue weighted by Crippen LogP contribution is 2.30. The first kappa shape index (κ1) is 22.9. The molecule has 0 fully saturated rings. The Bertz CT molecular complexity index is 1570. The predicted octanol–water partition coefficient (Wildman–Crippen LogP) is 5.48. The second-order valence-corrected chi connectivity index (χ2v) is 9.23. The van der Waals surface area contributed by atoms with Gasteiger partial charge in [-0.2, -0.15) is 0 Å². The van der Waals surface area contributed by atoms with E-state index in [0.29, 0.717) is 33.1 Å². The van der Waals surface area contributed by atoms with Gasteiger partial charge in [0.25, 0.3) is 5.56 Å². The first-order chi connectivity index (χ1) is 16.9. The highest BCUT2D eigenvalue weighted by molar-refractivity contribution is 7.98. The molecule has 0 unspecified atom stereocenters. The van der Waals surface area contributed by atoms with E-state index in [4.69, 9.17) is 16.6 Å². The number of nitrogens with zero attached hydrogens (tertiary/aromatic N) is 5. The number of nitrogens with one attached hydrogen (secondary N) is 2. The van der Waals surface area contributed by atoms with Crippen molar-refractivity contribution in [3.8, 4) is 11.3 Å². The monoisotopic (exact) mass is 501 g/mol. The number of aryl methyl sites for hydroxylation is 2. The van der Waals surface area contributed by atoms with Crippen molar-refractivity contribution in [3.63, 3.8) is 0 Å². The smallest absolute Gasteiger partial charge is 0.252 e. The molecule has 10 heteroatoms. The van der Waals surface area contributed by atoms with Crippen LogP contribution in [0.4, 0.5) is 11.9 Å². The third kappa shape index (κ3) is 5.47. The van der Waals surface area contributed by atoms with E-state index in [2.05, 4.69) is 30.2 Å². The molecule has 3 heterocycles. The van der Waals surface area contributed by atoms with Crippen LogP contribution in [0.5, 0.6) is 0 Å². The maximum absolute atomic E-state index is 12.3. The Morgan fingerprint density at radius 3 is 2.46 bits per heavy atom. The Morgan fingerprint density at radius 2 is 1.69 bits per heavy atom. The van der Waals surface area contributed by atoms with Gasteiger partial charge in [0.05, 0.1) is 16.9 Å². The summed E-state index contributed by atoms with van der Waals surface area (Å²) in [5.41, 5.74) is 4.45. The number of rotatable bonds is 6. The van der Waals surface area contributed by atoms with E-state index in [-0.39, 0.29) is 11.5 Å². The molecule has 8 nitrogen and oxygen atoms in total. The molecule has 0 spiro atoms. The van der Waals surface area contributed by atoms with Crippen LogP contribution in [0.15, 0.2) is 70.6 Å². The normalized spacial score (nSPS) is 11.1. The molecule has 0 radical (unpaired) electrons. The number of hydrogen-bond donors (Lipinski definition) is 2. The minimum Gasteiger partial charge on any atom is -0.294 e. The second kappa shape index (κ2) is 9.81. The fraction of sp³-hybridized carbons (Fsp3) is 0.120. The fourth-order valence-electron chi connectivity index (χ4n) is 3.62. The van der Waals surface area contributed by atoms with Gasteiger partial charge >= 0.3 is 0 Å². The van der Waals surface area contributed by atoms with Crippen LogP contribution in [-0.4, -0.2) is 29.9 Å². The molecule has 0 saturated carbocycles. The largest absolute Gasteiger partial charge is 0.294 e. The molecule has 0 bridgehead atoms. The number of halogens is 1. The molecule has 2 N–H and O–H groups in total. The van der Waals surface area contributed by atoms with E-state index in [0.717, 1.165) is 28.0 Å². The highest BCUT2D eigenvalue weighted by Gasteiger charge is 2.12. The van der Waals surface area contributed by atoms with Crippen LogP contribution in [0.1, 0.15) is 17.1 Å². The zero-order chi connectivity index (χ0) is 24.4. The van der Waals surface area contributed by atoms with E-state index in [1.807, 2.05) is 62.4 Å². The summed E-state index contributed by atoms with van der Waals surface area (Å²) in [5, 5.41) is 5.13. The maximum atomic E-state index is 12.3. The van der Waals surface area contributed by atoms with Crippen LogP contribution < -0.4 is 10.9 Å². The second-order valence-electron chi connectivity index (χ2n) is 7.86. The molecule has 0 aliphatic rings. The first-order valence-electron chi connectivity index (χ1n) is 10.8. The van der Waals surface area contributed by atoms with Gasteiger partial charge in [-0.05, 0) is 38.1 Å². The lowest BCUT2D eigenvalue weighted by Gasteiger charge is -2.11. The lowest BCUT2D eigenvalue weighted by molar-refractivity contribution is 0.900. The molecule has 3 aromatic heterocycles. The number of benzene rings is 2. The molecule has 35 heavy (non-hydrogen) atoms. The topological polar surface area (TPSA) is 109 Å². The van der Waals surface area contributed by atoms with Crippen molar-refractivity contribution in [1.82, 2.24) is 29.9 Å². The van der Waals surface area contributed by atoms with Gasteiger partial charge in [0.15, 0.2) is 5.16 Å². The maximum Gasteiger partial charge on any atom is 0.252 e. The summed E-state index contributed by atoms with van der Waals surface area (Å²) in [4.78, 5) is 37.7. The molecule has 0 aliphatic heterocycles. The number of fused-ring (bicyclic) bond motifs is 1. The summed E-state index contributed by atoms with van der Waals surface area (Å²) in [7, 11) is 0. The fourth-order valence-corrected chi connectivity index (χ4v) is 4.63. The molecule has 5 rings (SSSR count). The summed E-state index contributed by atoms with van der Waals surface area (Å²) < 4.78 is 0. The van der Waals surface area contributed by atoms with Gasteiger partial charge in [0, 0.05) is 39.2 Å². The Kier molecular flexibility index (Phi) is 6.43. The lowest BCUT2D eigenvalue weighted by atomic mass is 10.1. The third-order valence-corrected chi connectivity index (χ3v) is 6.16. The van der Waals surface area contributed by atoms with Crippen molar-refractivity contribution < 1.29 is 0 Å². The molecule has 5 aromatic rings. The van der Waals surface area contributed by atoms with Gasteiger partial charge in [0.2, 0.25) is 11.9 Å². The van der Waals surface area contributed by atoms with Crippen LogP contribution in [0, 0.1) is 13.8 Å². The molecule has 0 amide bonds. The van der Waals surface area contributed by atoms with Crippen LogP contribution in [0.25, 0.3) is 22.2 Å². The van der Waals surface area contributed by atoms with Crippen LogP contribution in [-0.2, 0) is 5.75 Å². The van der Waals surface area contributed by atoms with Crippen LogP contribution in [0.3, 0.4) is 0 Å². The van der Waals surface area contributed by atoms with Crippen molar-refractivity contribution in [1.29, 1.82) is 0 Å². The van der Waals surface area contributed by atoms with Crippen LogP contribution in [0.2, 0.25) is 5.02 Å². The number of H-pyrrole nitrogens is 1. The summed E-state index contributed by atoms with van der Waals surface area (Å²) in [6.07, 6.45) is 0. The zero-order valence-electron chi connectivity index (χ0n) is 18.9.